The van der Waals surface area contributed by atoms with E-state index in [4.69, 9.17) is 9.26 Å². The summed E-state index contributed by atoms with van der Waals surface area (Å²) in [6.07, 6.45) is 0. The van der Waals surface area contributed by atoms with Gasteiger partial charge in [-0.15, -0.1) is 0 Å². The third kappa shape index (κ3) is 2.90. The molecule has 3 aromatic rings. The molecule has 0 aliphatic rings. The summed E-state index contributed by atoms with van der Waals surface area (Å²) in [6.45, 7) is 1.70. The standard InChI is InChI=1S/C16H14FN3O2/c1-10-6-7-12(9-14(10)17)18-16-19-15(20-22-16)11-4-3-5-13(8-11)21-2/h3-9H,1-2H3,(H,18,19,20). The van der Waals surface area contributed by atoms with Crippen molar-refractivity contribution in [3.63, 3.8) is 0 Å². The summed E-state index contributed by atoms with van der Waals surface area (Å²) in [5, 5.41) is 6.78. The Hall–Kier alpha value is -2.89. The van der Waals surface area contributed by atoms with Crippen molar-refractivity contribution in [1.82, 2.24) is 10.1 Å². The van der Waals surface area contributed by atoms with Crippen molar-refractivity contribution in [3.05, 3.63) is 53.8 Å². The number of hydrogen-bond acceptors (Lipinski definition) is 5. The van der Waals surface area contributed by atoms with Crippen LogP contribution in [0.25, 0.3) is 11.4 Å². The maximum atomic E-state index is 13.5. The average Bonchev–Trinajstić information content (AvgIpc) is 2.99. The van der Waals surface area contributed by atoms with Crippen LogP contribution in [0, 0.1) is 12.7 Å². The predicted molar refractivity (Wildman–Crippen MR) is 80.7 cm³/mol. The molecule has 3 rings (SSSR count). The summed E-state index contributed by atoms with van der Waals surface area (Å²) in [6, 6.07) is 12.3. The van der Waals surface area contributed by atoms with Crippen molar-refractivity contribution in [3.8, 4) is 17.1 Å². The maximum absolute atomic E-state index is 13.5. The Morgan fingerprint density at radius 2 is 2.05 bits per heavy atom. The fourth-order valence-electron chi connectivity index (χ4n) is 1.95. The zero-order valence-electron chi connectivity index (χ0n) is 12.1. The third-order valence-corrected chi connectivity index (χ3v) is 3.18. The van der Waals surface area contributed by atoms with Crippen LogP contribution < -0.4 is 10.1 Å². The van der Waals surface area contributed by atoms with Crippen LogP contribution in [0.15, 0.2) is 47.0 Å². The van der Waals surface area contributed by atoms with Gasteiger partial charge in [-0.2, -0.15) is 4.98 Å². The lowest BCUT2D eigenvalue weighted by atomic mass is 10.2. The Balaban J connectivity index is 1.82. The number of ether oxygens (including phenoxy) is 1. The molecule has 112 valence electrons. The summed E-state index contributed by atoms with van der Waals surface area (Å²) in [5.41, 5.74) is 1.89. The molecule has 1 N–H and O–H groups in total. The summed E-state index contributed by atoms with van der Waals surface area (Å²) in [4.78, 5) is 4.24. The molecule has 0 spiro atoms. The molecule has 5 nitrogen and oxygen atoms in total. The highest BCUT2D eigenvalue weighted by atomic mass is 19.1. The minimum absolute atomic E-state index is 0.195. The molecule has 22 heavy (non-hydrogen) atoms. The normalized spacial score (nSPS) is 10.5. The van der Waals surface area contributed by atoms with Crippen molar-refractivity contribution in [1.29, 1.82) is 0 Å². The molecule has 0 aliphatic carbocycles. The van der Waals surface area contributed by atoms with E-state index in [1.165, 1.54) is 6.07 Å². The molecule has 6 heteroatoms. The lowest BCUT2D eigenvalue weighted by Crippen LogP contribution is -1.92. The van der Waals surface area contributed by atoms with Crippen LogP contribution in [0.1, 0.15) is 5.56 Å². The van der Waals surface area contributed by atoms with Crippen molar-refractivity contribution < 1.29 is 13.7 Å². The van der Waals surface area contributed by atoms with E-state index in [-0.39, 0.29) is 11.8 Å². The van der Waals surface area contributed by atoms with Gasteiger partial charge in [-0.3, -0.25) is 0 Å². The fourth-order valence-corrected chi connectivity index (χ4v) is 1.95. The summed E-state index contributed by atoms with van der Waals surface area (Å²) < 4.78 is 23.8. The number of rotatable bonds is 4. The molecule has 0 bridgehead atoms. The van der Waals surface area contributed by atoms with Crippen LogP contribution in [0.3, 0.4) is 0 Å². The van der Waals surface area contributed by atoms with Crippen molar-refractivity contribution in [2.24, 2.45) is 0 Å². The Bertz CT molecular complexity index is 802. The SMILES string of the molecule is COc1cccc(-c2noc(Nc3ccc(C)c(F)c3)n2)c1. The molecule has 1 aromatic heterocycles. The smallest absolute Gasteiger partial charge is 0.326 e. The number of halogens is 1. The van der Waals surface area contributed by atoms with Gasteiger partial charge in [-0.25, -0.2) is 4.39 Å². The van der Waals surface area contributed by atoms with Crippen LogP contribution >= 0.6 is 0 Å². The molecule has 0 atom stereocenters. The fraction of sp³-hybridized carbons (Fsp3) is 0.125. The predicted octanol–water partition coefficient (Wildman–Crippen LogP) is 3.94. The van der Waals surface area contributed by atoms with E-state index in [1.54, 1.807) is 32.2 Å². The van der Waals surface area contributed by atoms with Gasteiger partial charge in [0.2, 0.25) is 5.82 Å². The van der Waals surface area contributed by atoms with Crippen LogP contribution in [-0.4, -0.2) is 17.3 Å². The van der Waals surface area contributed by atoms with Crippen LogP contribution in [-0.2, 0) is 0 Å². The van der Waals surface area contributed by atoms with E-state index in [0.29, 0.717) is 22.8 Å². The Morgan fingerprint density at radius 3 is 2.82 bits per heavy atom. The van der Waals surface area contributed by atoms with Gasteiger partial charge < -0.3 is 14.6 Å². The van der Waals surface area contributed by atoms with E-state index >= 15 is 0 Å². The molecule has 0 radical (unpaired) electrons. The van der Waals surface area contributed by atoms with Gasteiger partial charge in [-0.1, -0.05) is 23.4 Å². The zero-order valence-corrected chi connectivity index (χ0v) is 12.1. The van der Waals surface area contributed by atoms with Gasteiger partial charge in [0, 0.05) is 11.3 Å². The number of aryl methyl sites for hydroxylation is 1. The van der Waals surface area contributed by atoms with Crippen LogP contribution in [0.2, 0.25) is 0 Å². The second-order valence-electron chi connectivity index (χ2n) is 4.74. The minimum atomic E-state index is -0.294. The lowest BCUT2D eigenvalue weighted by molar-refractivity contribution is 0.414. The molecule has 0 fully saturated rings. The van der Waals surface area contributed by atoms with Crippen molar-refractivity contribution >= 4 is 11.7 Å². The monoisotopic (exact) mass is 299 g/mol. The van der Waals surface area contributed by atoms with Crippen molar-refractivity contribution in [2.45, 2.75) is 6.92 Å². The van der Waals surface area contributed by atoms with E-state index in [2.05, 4.69) is 15.5 Å². The maximum Gasteiger partial charge on any atom is 0.326 e. The molecule has 0 saturated heterocycles. The first kappa shape index (κ1) is 14.1. The zero-order chi connectivity index (χ0) is 15.5. The highest BCUT2D eigenvalue weighted by Crippen LogP contribution is 2.24. The highest BCUT2D eigenvalue weighted by Gasteiger charge is 2.10. The van der Waals surface area contributed by atoms with Crippen LogP contribution in [0.5, 0.6) is 5.75 Å². The Labute approximate surface area is 126 Å². The van der Waals surface area contributed by atoms with E-state index < -0.39 is 0 Å². The number of nitrogens with one attached hydrogen (secondary N) is 1. The largest absolute Gasteiger partial charge is 0.497 e. The highest BCUT2D eigenvalue weighted by molar-refractivity contribution is 5.60. The number of hydrogen-bond donors (Lipinski definition) is 1. The molecule has 0 amide bonds. The number of benzene rings is 2. The second-order valence-corrected chi connectivity index (χ2v) is 4.74. The van der Waals surface area contributed by atoms with Crippen molar-refractivity contribution in [2.75, 3.05) is 12.4 Å². The summed E-state index contributed by atoms with van der Waals surface area (Å²) in [7, 11) is 1.59. The van der Waals surface area contributed by atoms with Gasteiger partial charge in [0.05, 0.1) is 7.11 Å². The second kappa shape index (κ2) is 5.85. The number of nitrogens with zero attached hydrogens (tertiary/aromatic N) is 2. The number of methoxy groups -OCH3 is 1. The Morgan fingerprint density at radius 1 is 1.18 bits per heavy atom. The number of anilines is 2. The van der Waals surface area contributed by atoms with Gasteiger partial charge in [0.15, 0.2) is 0 Å². The minimum Gasteiger partial charge on any atom is -0.497 e. The molecule has 1 heterocycles. The first-order valence-corrected chi connectivity index (χ1v) is 6.67. The lowest BCUT2D eigenvalue weighted by Gasteiger charge is -2.02. The molecular weight excluding hydrogens is 285 g/mol. The molecule has 0 unspecified atom stereocenters. The Kier molecular flexibility index (Phi) is 3.74. The van der Waals surface area contributed by atoms with E-state index in [0.717, 1.165) is 5.56 Å². The molecule has 0 saturated carbocycles. The topological polar surface area (TPSA) is 60.2 Å². The van der Waals surface area contributed by atoms with E-state index in [1.807, 2.05) is 18.2 Å². The quantitative estimate of drug-likeness (QED) is 0.790. The summed E-state index contributed by atoms with van der Waals surface area (Å²) in [5.74, 6) is 0.837. The average molecular weight is 299 g/mol. The molecular formula is C16H14FN3O2. The first-order chi connectivity index (χ1) is 10.7. The molecule has 2 aromatic carbocycles. The van der Waals surface area contributed by atoms with Gasteiger partial charge in [-0.05, 0) is 36.8 Å². The van der Waals surface area contributed by atoms with E-state index in [9.17, 15) is 4.39 Å². The van der Waals surface area contributed by atoms with Gasteiger partial charge in [0.1, 0.15) is 11.6 Å². The molecule has 0 aliphatic heterocycles. The first-order valence-electron chi connectivity index (χ1n) is 6.67. The number of aromatic nitrogens is 2. The third-order valence-electron chi connectivity index (χ3n) is 3.18. The van der Waals surface area contributed by atoms with Crippen LogP contribution in [0.4, 0.5) is 16.1 Å². The van der Waals surface area contributed by atoms with Gasteiger partial charge >= 0.3 is 6.01 Å². The summed E-state index contributed by atoms with van der Waals surface area (Å²) >= 11 is 0. The van der Waals surface area contributed by atoms with Gasteiger partial charge in [0.25, 0.3) is 0 Å².